The van der Waals surface area contributed by atoms with Crippen LogP contribution in [-0.2, 0) is 20.9 Å². The molecule has 1 heterocycles. The summed E-state index contributed by atoms with van der Waals surface area (Å²) < 4.78 is 69.5. The van der Waals surface area contributed by atoms with Crippen molar-refractivity contribution >= 4 is 10.0 Å². The molecular formula is C12H14F3NO3S. The zero-order chi connectivity index (χ0) is 15.0. The lowest BCUT2D eigenvalue weighted by Crippen LogP contribution is -2.41. The lowest BCUT2D eigenvalue weighted by atomic mass is 10.1. The van der Waals surface area contributed by atoms with Gasteiger partial charge in [0.15, 0.2) is 0 Å². The molecule has 0 N–H and O–H groups in total. The topological polar surface area (TPSA) is 46.6 Å². The molecule has 0 radical (unpaired) electrons. The number of halogens is 3. The van der Waals surface area contributed by atoms with Gasteiger partial charge >= 0.3 is 6.18 Å². The van der Waals surface area contributed by atoms with Crippen molar-refractivity contribution < 1.29 is 26.3 Å². The standard InChI is InChI=1S/C12H14F3NO3S/c1-9-10(12(13,14)15)3-2-4-11(9)20(17,18)16-5-7-19-8-6-16/h2-4H,5-8H2,1H3. The van der Waals surface area contributed by atoms with E-state index < -0.39 is 21.8 Å². The van der Waals surface area contributed by atoms with Gasteiger partial charge in [0.25, 0.3) is 0 Å². The van der Waals surface area contributed by atoms with Gasteiger partial charge in [-0.25, -0.2) is 8.42 Å². The number of rotatable bonds is 2. The van der Waals surface area contributed by atoms with E-state index in [4.69, 9.17) is 4.74 Å². The molecule has 1 aliphatic heterocycles. The number of hydrogen-bond acceptors (Lipinski definition) is 3. The number of morpholine rings is 1. The number of benzene rings is 1. The molecule has 0 aliphatic carbocycles. The molecule has 112 valence electrons. The summed E-state index contributed by atoms with van der Waals surface area (Å²) in [5.41, 5.74) is -1.20. The molecule has 0 unspecified atom stereocenters. The van der Waals surface area contributed by atoms with Crippen molar-refractivity contribution in [1.29, 1.82) is 0 Å². The smallest absolute Gasteiger partial charge is 0.379 e. The maximum atomic E-state index is 12.8. The Kier molecular flexibility index (Phi) is 4.08. The Bertz CT molecular complexity index is 592. The van der Waals surface area contributed by atoms with Gasteiger partial charge in [-0.3, -0.25) is 0 Å². The Morgan fingerprint density at radius 3 is 2.35 bits per heavy atom. The van der Waals surface area contributed by atoms with Crippen molar-refractivity contribution in [3.05, 3.63) is 29.3 Å². The zero-order valence-electron chi connectivity index (χ0n) is 10.8. The van der Waals surface area contributed by atoms with Crippen LogP contribution in [0.5, 0.6) is 0 Å². The average molecular weight is 309 g/mol. The van der Waals surface area contributed by atoms with E-state index in [1.807, 2.05) is 0 Å². The van der Waals surface area contributed by atoms with E-state index in [0.29, 0.717) is 0 Å². The molecule has 1 aliphatic rings. The van der Waals surface area contributed by atoms with Gasteiger partial charge in [-0.2, -0.15) is 17.5 Å². The second-order valence-electron chi connectivity index (χ2n) is 4.44. The van der Waals surface area contributed by atoms with Crippen LogP contribution in [0, 0.1) is 6.92 Å². The molecule has 4 nitrogen and oxygen atoms in total. The highest BCUT2D eigenvalue weighted by Crippen LogP contribution is 2.34. The highest BCUT2D eigenvalue weighted by atomic mass is 32.2. The first-order valence-corrected chi connectivity index (χ1v) is 7.43. The molecule has 0 bridgehead atoms. The van der Waals surface area contributed by atoms with Crippen molar-refractivity contribution in [3.8, 4) is 0 Å². The molecule has 2 rings (SSSR count). The van der Waals surface area contributed by atoms with E-state index in [0.717, 1.165) is 16.4 Å². The molecule has 1 aromatic carbocycles. The molecule has 20 heavy (non-hydrogen) atoms. The lowest BCUT2D eigenvalue weighted by Gasteiger charge is -2.27. The van der Waals surface area contributed by atoms with Crippen LogP contribution in [0.1, 0.15) is 11.1 Å². The summed E-state index contributed by atoms with van der Waals surface area (Å²) in [6.07, 6.45) is -4.57. The predicted molar refractivity (Wildman–Crippen MR) is 65.8 cm³/mol. The number of hydrogen-bond donors (Lipinski definition) is 0. The summed E-state index contributed by atoms with van der Waals surface area (Å²) >= 11 is 0. The molecule has 1 fully saturated rings. The van der Waals surface area contributed by atoms with Gasteiger partial charge < -0.3 is 4.74 Å². The van der Waals surface area contributed by atoms with Crippen LogP contribution in [0.4, 0.5) is 13.2 Å². The summed E-state index contributed by atoms with van der Waals surface area (Å²) in [4.78, 5) is -0.297. The minimum Gasteiger partial charge on any atom is -0.379 e. The SMILES string of the molecule is Cc1c(C(F)(F)F)cccc1S(=O)(=O)N1CCOCC1. The van der Waals surface area contributed by atoms with E-state index in [9.17, 15) is 21.6 Å². The number of ether oxygens (including phenoxy) is 1. The summed E-state index contributed by atoms with van der Waals surface area (Å²) in [6.45, 7) is 1.97. The quantitative estimate of drug-likeness (QED) is 0.840. The van der Waals surface area contributed by atoms with Crippen LogP contribution in [0.2, 0.25) is 0 Å². The molecule has 1 saturated heterocycles. The third kappa shape index (κ3) is 2.82. The number of sulfonamides is 1. The van der Waals surface area contributed by atoms with Gasteiger partial charge in [-0.15, -0.1) is 0 Å². The molecule has 0 aromatic heterocycles. The van der Waals surface area contributed by atoms with Gasteiger partial charge in [0.1, 0.15) is 0 Å². The summed E-state index contributed by atoms with van der Waals surface area (Å²) in [6, 6.07) is 3.20. The van der Waals surface area contributed by atoms with Crippen molar-refractivity contribution in [2.75, 3.05) is 26.3 Å². The van der Waals surface area contributed by atoms with Gasteiger partial charge in [0.05, 0.1) is 23.7 Å². The average Bonchev–Trinajstić information content (AvgIpc) is 2.38. The molecular weight excluding hydrogens is 295 g/mol. The first kappa shape index (κ1) is 15.3. The van der Waals surface area contributed by atoms with Gasteiger partial charge in [-0.1, -0.05) is 6.07 Å². The molecule has 1 aromatic rings. The largest absolute Gasteiger partial charge is 0.416 e. The van der Waals surface area contributed by atoms with Crippen LogP contribution in [-0.4, -0.2) is 39.0 Å². The Balaban J connectivity index is 2.47. The maximum absolute atomic E-state index is 12.8. The van der Waals surface area contributed by atoms with Gasteiger partial charge in [0.2, 0.25) is 10.0 Å². The second-order valence-corrected chi connectivity index (χ2v) is 6.35. The summed E-state index contributed by atoms with van der Waals surface area (Å²) in [7, 11) is -3.92. The zero-order valence-corrected chi connectivity index (χ0v) is 11.6. The maximum Gasteiger partial charge on any atom is 0.416 e. The fraction of sp³-hybridized carbons (Fsp3) is 0.500. The van der Waals surface area contributed by atoms with Crippen LogP contribution in [0.3, 0.4) is 0 Å². The van der Waals surface area contributed by atoms with Crippen molar-refractivity contribution in [3.63, 3.8) is 0 Å². The predicted octanol–water partition coefficient (Wildman–Crippen LogP) is 2.03. The summed E-state index contributed by atoms with van der Waals surface area (Å²) in [5.74, 6) is 0. The van der Waals surface area contributed by atoms with Crippen LogP contribution in [0.15, 0.2) is 23.1 Å². The first-order valence-electron chi connectivity index (χ1n) is 5.99. The molecule has 8 heteroatoms. The third-order valence-corrected chi connectivity index (χ3v) is 5.22. The summed E-state index contributed by atoms with van der Waals surface area (Å²) in [5, 5.41) is 0. The molecule has 0 amide bonds. The van der Waals surface area contributed by atoms with E-state index in [1.54, 1.807) is 0 Å². The molecule has 0 saturated carbocycles. The van der Waals surface area contributed by atoms with E-state index in [-0.39, 0.29) is 36.8 Å². The van der Waals surface area contributed by atoms with E-state index >= 15 is 0 Å². The van der Waals surface area contributed by atoms with E-state index in [1.165, 1.54) is 13.0 Å². The van der Waals surface area contributed by atoms with Crippen LogP contribution in [0.25, 0.3) is 0 Å². The highest BCUT2D eigenvalue weighted by molar-refractivity contribution is 7.89. The second kappa shape index (κ2) is 5.34. The van der Waals surface area contributed by atoms with Gasteiger partial charge in [-0.05, 0) is 24.6 Å². The van der Waals surface area contributed by atoms with Crippen molar-refractivity contribution in [1.82, 2.24) is 4.31 Å². The van der Waals surface area contributed by atoms with Crippen molar-refractivity contribution in [2.24, 2.45) is 0 Å². The van der Waals surface area contributed by atoms with Crippen LogP contribution >= 0.6 is 0 Å². The fourth-order valence-corrected chi connectivity index (χ4v) is 3.78. The number of alkyl halides is 3. The minimum absolute atomic E-state index is 0.151. The Labute approximate surface area is 115 Å². The Morgan fingerprint density at radius 2 is 1.80 bits per heavy atom. The van der Waals surface area contributed by atoms with Crippen molar-refractivity contribution in [2.45, 2.75) is 18.0 Å². The third-order valence-electron chi connectivity index (χ3n) is 3.18. The Morgan fingerprint density at radius 1 is 1.20 bits per heavy atom. The molecule has 0 spiro atoms. The monoisotopic (exact) mass is 309 g/mol. The highest BCUT2D eigenvalue weighted by Gasteiger charge is 2.36. The first-order chi connectivity index (χ1) is 9.24. The molecule has 0 atom stereocenters. The van der Waals surface area contributed by atoms with Crippen LogP contribution < -0.4 is 0 Å². The fourth-order valence-electron chi connectivity index (χ4n) is 2.13. The number of nitrogens with zero attached hydrogens (tertiary/aromatic N) is 1. The van der Waals surface area contributed by atoms with E-state index in [2.05, 4.69) is 0 Å². The Hall–Kier alpha value is -1.12. The minimum atomic E-state index is -4.57. The normalized spacial score (nSPS) is 18.2. The lowest BCUT2D eigenvalue weighted by molar-refractivity contribution is -0.138. The van der Waals surface area contributed by atoms with Gasteiger partial charge in [0, 0.05) is 13.1 Å².